The molecule has 0 aliphatic rings. The highest BCUT2D eigenvalue weighted by Gasteiger charge is 2.11. The monoisotopic (exact) mass is 320 g/mol. The zero-order valence-electron chi connectivity index (χ0n) is 13.6. The number of unbranched alkanes of at least 4 members (excludes halogenated alkanes) is 10. The van der Waals surface area contributed by atoms with E-state index in [4.69, 9.17) is 21.4 Å². The predicted molar refractivity (Wildman–Crippen MR) is 88.8 cm³/mol. The number of halogens is 1. The molecule has 3 nitrogen and oxygen atoms in total. The van der Waals surface area contributed by atoms with Gasteiger partial charge in [0.25, 0.3) is 0 Å². The molecule has 0 heterocycles. The molecule has 0 spiro atoms. The third-order valence-electron chi connectivity index (χ3n) is 3.66. The zero-order valence-corrected chi connectivity index (χ0v) is 14.4. The fourth-order valence-electron chi connectivity index (χ4n) is 2.30. The fraction of sp³-hybridized carbons (Fsp3) is 0.941. The number of carbonyl (C=O) groups excluding carboxylic acids is 1. The first-order valence-electron chi connectivity index (χ1n) is 8.60. The number of rotatable bonds is 15. The van der Waals surface area contributed by atoms with Crippen LogP contribution in [0.2, 0.25) is 0 Å². The molecule has 0 aliphatic carbocycles. The molecule has 0 unspecified atom stereocenters. The van der Waals surface area contributed by atoms with Crippen LogP contribution in [0.3, 0.4) is 0 Å². The molecule has 0 bridgehead atoms. The van der Waals surface area contributed by atoms with Gasteiger partial charge in [-0.3, -0.25) is 4.79 Å². The summed E-state index contributed by atoms with van der Waals surface area (Å²) in [4.78, 5) is 11.4. The summed E-state index contributed by atoms with van der Waals surface area (Å²) in [6.07, 6.45) is 13.8. The SMILES string of the molecule is CCCCCCCCCCCCCC(=O)O[C@H](CO)CCl. The molecular formula is C17H33ClO3. The van der Waals surface area contributed by atoms with Gasteiger partial charge in [0.2, 0.25) is 0 Å². The quantitative estimate of drug-likeness (QED) is 0.267. The van der Waals surface area contributed by atoms with Gasteiger partial charge in [0.15, 0.2) is 0 Å². The lowest BCUT2D eigenvalue weighted by Crippen LogP contribution is -2.23. The number of carbonyl (C=O) groups is 1. The molecule has 0 saturated carbocycles. The maximum atomic E-state index is 11.4. The Morgan fingerprint density at radius 2 is 1.43 bits per heavy atom. The van der Waals surface area contributed by atoms with Gasteiger partial charge in [-0.25, -0.2) is 0 Å². The van der Waals surface area contributed by atoms with E-state index >= 15 is 0 Å². The van der Waals surface area contributed by atoms with Crippen molar-refractivity contribution in [3.8, 4) is 0 Å². The maximum absolute atomic E-state index is 11.4. The highest BCUT2D eigenvalue weighted by molar-refractivity contribution is 6.18. The first-order chi connectivity index (χ1) is 10.2. The molecule has 0 aromatic carbocycles. The molecule has 1 N–H and O–H groups in total. The first kappa shape index (κ1) is 20.7. The zero-order chi connectivity index (χ0) is 15.8. The topological polar surface area (TPSA) is 46.5 Å². The van der Waals surface area contributed by atoms with Crippen molar-refractivity contribution in [2.75, 3.05) is 12.5 Å². The molecule has 4 heteroatoms. The molecule has 21 heavy (non-hydrogen) atoms. The molecule has 0 aromatic heterocycles. The van der Waals surface area contributed by atoms with Crippen LogP contribution in [0.4, 0.5) is 0 Å². The lowest BCUT2D eigenvalue weighted by Gasteiger charge is -2.12. The Hall–Kier alpha value is -0.280. The van der Waals surface area contributed by atoms with Gasteiger partial charge in [0, 0.05) is 6.42 Å². The van der Waals surface area contributed by atoms with Crippen LogP contribution in [0, 0.1) is 0 Å². The van der Waals surface area contributed by atoms with E-state index in [1.807, 2.05) is 0 Å². The van der Waals surface area contributed by atoms with Crippen molar-refractivity contribution in [2.24, 2.45) is 0 Å². The van der Waals surface area contributed by atoms with Gasteiger partial charge in [-0.05, 0) is 6.42 Å². The molecule has 0 rings (SSSR count). The molecule has 0 amide bonds. The van der Waals surface area contributed by atoms with E-state index in [1.165, 1.54) is 57.8 Å². The Kier molecular flexibility index (Phi) is 15.9. The van der Waals surface area contributed by atoms with Gasteiger partial charge < -0.3 is 9.84 Å². The fourth-order valence-corrected chi connectivity index (χ4v) is 2.46. The van der Waals surface area contributed by atoms with Crippen LogP contribution in [0.15, 0.2) is 0 Å². The largest absolute Gasteiger partial charge is 0.459 e. The summed E-state index contributed by atoms with van der Waals surface area (Å²) in [6, 6.07) is 0. The summed E-state index contributed by atoms with van der Waals surface area (Å²) in [5.74, 6) is -0.0915. The van der Waals surface area contributed by atoms with Crippen molar-refractivity contribution in [1.29, 1.82) is 0 Å². The highest BCUT2D eigenvalue weighted by atomic mass is 35.5. The molecule has 0 saturated heterocycles. The van der Waals surface area contributed by atoms with Crippen molar-refractivity contribution in [3.05, 3.63) is 0 Å². The summed E-state index contributed by atoms with van der Waals surface area (Å²) < 4.78 is 5.02. The molecule has 0 aromatic rings. The van der Waals surface area contributed by atoms with Crippen molar-refractivity contribution < 1.29 is 14.6 Å². The Morgan fingerprint density at radius 3 is 1.86 bits per heavy atom. The number of ether oxygens (including phenoxy) is 1. The van der Waals surface area contributed by atoms with E-state index < -0.39 is 6.10 Å². The van der Waals surface area contributed by atoms with Crippen LogP contribution < -0.4 is 0 Å². The normalized spacial score (nSPS) is 12.3. The Balaban J connectivity index is 3.23. The van der Waals surface area contributed by atoms with Crippen LogP contribution in [0.25, 0.3) is 0 Å². The number of aliphatic hydroxyl groups excluding tert-OH is 1. The van der Waals surface area contributed by atoms with Gasteiger partial charge >= 0.3 is 5.97 Å². The average Bonchev–Trinajstić information content (AvgIpc) is 2.50. The second kappa shape index (κ2) is 16.1. The summed E-state index contributed by atoms with van der Waals surface area (Å²) >= 11 is 5.55. The lowest BCUT2D eigenvalue weighted by molar-refractivity contribution is -0.149. The first-order valence-corrected chi connectivity index (χ1v) is 9.14. The third-order valence-corrected chi connectivity index (χ3v) is 4.00. The minimum atomic E-state index is -0.549. The minimum absolute atomic E-state index is 0.153. The average molecular weight is 321 g/mol. The second-order valence-electron chi connectivity index (χ2n) is 5.73. The van der Waals surface area contributed by atoms with Crippen LogP contribution in [-0.2, 0) is 9.53 Å². The smallest absolute Gasteiger partial charge is 0.306 e. The molecule has 126 valence electrons. The number of alkyl halides is 1. The van der Waals surface area contributed by atoms with E-state index in [2.05, 4.69) is 6.92 Å². The summed E-state index contributed by atoms with van der Waals surface area (Å²) in [6.45, 7) is 2.04. The van der Waals surface area contributed by atoms with Crippen LogP contribution >= 0.6 is 11.6 Å². The Bertz CT molecular complexity index is 230. The number of hydrogen-bond acceptors (Lipinski definition) is 3. The van der Waals surface area contributed by atoms with Crippen LogP contribution in [-0.4, -0.2) is 29.7 Å². The third kappa shape index (κ3) is 14.4. The van der Waals surface area contributed by atoms with E-state index in [-0.39, 0.29) is 18.5 Å². The Labute approximate surface area is 135 Å². The van der Waals surface area contributed by atoms with Crippen LogP contribution in [0.5, 0.6) is 0 Å². The van der Waals surface area contributed by atoms with E-state index in [0.29, 0.717) is 6.42 Å². The van der Waals surface area contributed by atoms with Crippen molar-refractivity contribution in [1.82, 2.24) is 0 Å². The van der Waals surface area contributed by atoms with Crippen molar-refractivity contribution in [2.45, 2.75) is 90.1 Å². The molecule has 0 radical (unpaired) electrons. The second-order valence-corrected chi connectivity index (χ2v) is 6.04. The maximum Gasteiger partial charge on any atom is 0.306 e. The Morgan fingerprint density at radius 1 is 0.952 bits per heavy atom. The van der Waals surface area contributed by atoms with Gasteiger partial charge in [0.05, 0.1) is 12.5 Å². The molecule has 1 atom stereocenters. The number of hydrogen-bond donors (Lipinski definition) is 1. The van der Waals surface area contributed by atoms with Gasteiger partial charge in [-0.2, -0.15) is 0 Å². The van der Waals surface area contributed by atoms with Gasteiger partial charge in [-0.15, -0.1) is 11.6 Å². The summed E-state index contributed by atoms with van der Waals surface area (Å²) in [5.41, 5.74) is 0. The minimum Gasteiger partial charge on any atom is -0.459 e. The van der Waals surface area contributed by atoms with Gasteiger partial charge in [-0.1, -0.05) is 71.1 Å². The summed E-state index contributed by atoms with van der Waals surface area (Å²) in [5, 5.41) is 8.87. The van der Waals surface area contributed by atoms with Crippen molar-refractivity contribution >= 4 is 17.6 Å². The number of esters is 1. The molecule has 0 fully saturated rings. The van der Waals surface area contributed by atoms with Crippen LogP contribution in [0.1, 0.15) is 84.0 Å². The molecule has 0 aliphatic heterocycles. The van der Waals surface area contributed by atoms with E-state index in [9.17, 15) is 4.79 Å². The van der Waals surface area contributed by atoms with E-state index in [1.54, 1.807) is 0 Å². The lowest BCUT2D eigenvalue weighted by atomic mass is 10.1. The van der Waals surface area contributed by atoms with Gasteiger partial charge in [0.1, 0.15) is 6.10 Å². The van der Waals surface area contributed by atoms with Crippen molar-refractivity contribution in [3.63, 3.8) is 0 Å². The predicted octanol–water partition coefficient (Wildman–Crippen LogP) is 4.83. The molecular weight excluding hydrogens is 288 g/mol. The standard InChI is InChI=1S/C17H33ClO3/c1-2-3-4-5-6-7-8-9-10-11-12-13-17(20)21-16(14-18)15-19/h16,19H,2-15H2,1H3/t16-/m0/s1. The number of aliphatic hydroxyl groups is 1. The summed E-state index contributed by atoms with van der Waals surface area (Å²) in [7, 11) is 0. The van der Waals surface area contributed by atoms with E-state index in [0.717, 1.165) is 12.8 Å². The highest BCUT2D eigenvalue weighted by Crippen LogP contribution is 2.12.